The molecule has 22 heavy (non-hydrogen) atoms. The minimum absolute atomic E-state index is 0.0289. The monoisotopic (exact) mass is 295 g/mol. The molecule has 0 bridgehead atoms. The molecule has 1 aromatic carbocycles. The number of hydrogen-bond donors (Lipinski definition) is 0. The number of nitrogens with zero attached hydrogens (tertiary/aromatic N) is 3. The van der Waals surface area contributed by atoms with Gasteiger partial charge >= 0.3 is 0 Å². The highest BCUT2D eigenvalue weighted by Gasteiger charge is 2.37. The Morgan fingerprint density at radius 1 is 1.23 bits per heavy atom. The summed E-state index contributed by atoms with van der Waals surface area (Å²) in [5.41, 5.74) is 7.30. The van der Waals surface area contributed by atoms with Crippen LogP contribution in [-0.4, -0.2) is 30.2 Å². The van der Waals surface area contributed by atoms with E-state index in [1.54, 1.807) is 6.33 Å². The second kappa shape index (κ2) is 4.45. The van der Waals surface area contributed by atoms with Crippen LogP contribution in [0.2, 0.25) is 0 Å². The predicted octanol–water partition coefficient (Wildman–Crippen LogP) is 3.11. The summed E-state index contributed by atoms with van der Waals surface area (Å²) in [5.74, 6) is 0.998. The third-order valence-corrected chi connectivity index (χ3v) is 4.90. The van der Waals surface area contributed by atoms with Crippen molar-refractivity contribution < 1.29 is 4.74 Å². The number of aromatic nitrogens is 2. The average molecular weight is 295 g/mol. The SMILES string of the molecule is Cc1ncnc2c1C(C)(C)Cc1c-2ccc2c1N(C)CCO2. The van der Waals surface area contributed by atoms with Crippen molar-refractivity contribution in [1.82, 2.24) is 9.97 Å². The van der Waals surface area contributed by atoms with E-state index in [1.165, 1.54) is 22.4 Å². The van der Waals surface area contributed by atoms with Crippen molar-refractivity contribution >= 4 is 5.69 Å². The lowest BCUT2D eigenvalue weighted by molar-refractivity contribution is 0.310. The molecule has 2 aliphatic rings. The molecule has 1 aliphatic heterocycles. The van der Waals surface area contributed by atoms with Gasteiger partial charge in [0.05, 0.1) is 17.9 Å². The molecule has 114 valence electrons. The van der Waals surface area contributed by atoms with Crippen LogP contribution in [0, 0.1) is 6.92 Å². The molecule has 0 saturated carbocycles. The van der Waals surface area contributed by atoms with Crippen LogP contribution in [0.4, 0.5) is 5.69 Å². The first-order chi connectivity index (χ1) is 10.5. The third kappa shape index (κ3) is 1.76. The maximum Gasteiger partial charge on any atom is 0.143 e. The van der Waals surface area contributed by atoms with Crippen molar-refractivity contribution in [2.45, 2.75) is 32.6 Å². The fourth-order valence-corrected chi connectivity index (χ4v) is 3.97. The van der Waals surface area contributed by atoms with Gasteiger partial charge in [-0.2, -0.15) is 0 Å². The summed E-state index contributed by atoms with van der Waals surface area (Å²) < 4.78 is 5.87. The summed E-state index contributed by atoms with van der Waals surface area (Å²) in [5, 5.41) is 0. The van der Waals surface area contributed by atoms with E-state index in [4.69, 9.17) is 4.74 Å². The van der Waals surface area contributed by atoms with Gasteiger partial charge in [-0.15, -0.1) is 0 Å². The Labute approximate surface area is 131 Å². The molecular weight excluding hydrogens is 274 g/mol. The normalized spacial score (nSPS) is 18.1. The van der Waals surface area contributed by atoms with Crippen LogP contribution in [-0.2, 0) is 11.8 Å². The minimum Gasteiger partial charge on any atom is -0.490 e. The van der Waals surface area contributed by atoms with Crippen LogP contribution in [0.3, 0.4) is 0 Å². The van der Waals surface area contributed by atoms with Gasteiger partial charge in [-0.05, 0) is 36.5 Å². The second-order valence-corrected chi connectivity index (χ2v) is 6.95. The zero-order chi connectivity index (χ0) is 15.5. The van der Waals surface area contributed by atoms with Crippen molar-refractivity contribution in [2.24, 2.45) is 0 Å². The number of rotatable bonds is 0. The molecule has 0 amide bonds. The molecule has 0 atom stereocenters. The van der Waals surface area contributed by atoms with Crippen LogP contribution < -0.4 is 9.64 Å². The van der Waals surface area contributed by atoms with Crippen LogP contribution in [0.25, 0.3) is 11.3 Å². The van der Waals surface area contributed by atoms with Gasteiger partial charge < -0.3 is 9.64 Å². The van der Waals surface area contributed by atoms with E-state index in [0.29, 0.717) is 0 Å². The van der Waals surface area contributed by atoms with Crippen molar-refractivity contribution in [3.05, 3.63) is 35.3 Å². The molecule has 0 unspecified atom stereocenters. The highest BCUT2D eigenvalue weighted by atomic mass is 16.5. The van der Waals surface area contributed by atoms with Gasteiger partial charge in [0, 0.05) is 23.9 Å². The molecule has 1 aliphatic carbocycles. The number of aryl methyl sites for hydroxylation is 1. The van der Waals surface area contributed by atoms with E-state index in [1.807, 2.05) is 0 Å². The van der Waals surface area contributed by atoms with Gasteiger partial charge in [0.2, 0.25) is 0 Å². The largest absolute Gasteiger partial charge is 0.490 e. The van der Waals surface area contributed by atoms with E-state index >= 15 is 0 Å². The number of fused-ring (bicyclic) bond motifs is 5. The molecule has 0 fully saturated rings. The molecule has 4 heteroatoms. The fraction of sp³-hybridized carbons (Fsp3) is 0.444. The lowest BCUT2D eigenvalue weighted by atomic mass is 9.70. The Bertz CT molecular complexity index is 767. The Morgan fingerprint density at radius 2 is 2.05 bits per heavy atom. The lowest BCUT2D eigenvalue weighted by Gasteiger charge is -2.38. The second-order valence-electron chi connectivity index (χ2n) is 6.95. The fourth-order valence-electron chi connectivity index (χ4n) is 3.97. The van der Waals surface area contributed by atoms with E-state index < -0.39 is 0 Å². The summed E-state index contributed by atoms with van der Waals surface area (Å²) in [6, 6.07) is 4.25. The summed E-state index contributed by atoms with van der Waals surface area (Å²) in [4.78, 5) is 11.4. The zero-order valence-corrected chi connectivity index (χ0v) is 13.6. The molecule has 2 heterocycles. The average Bonchev–Trinajstić information content (AvgIpc) is 2.46. The highest BCUT2D eigenvalue weighted by molar-refractivity contribution is 5.81. The van der Waals surface area contributed by atoms with Gasteiger partial charge in [-0.25, -0.2) is 9.97 Å². The molecule has 0 spiro atoms. The van der Waals surface area contributed by atoms with Gasteiger partial charge in [0.15, 0.2) is 0 Å². The van der Waals surface area contributed by atoms with Crippen molar-refractivity contribution in [2.75, 3.05) is 25.1 Å². The first-order valence-electron chi connectivity index (χ1n) is 7.81. The highest BCUT2D eigenvalue weighted by Crippen LogP contribution is 2.49. The summed E-state index contributed by atoms with van der Waals surface area (Å²) in [6.07, 6.45) is 2.67. The van der Waals surface area contributed by atoms with E-state index in [0.717, 1.165) is 36.7 Å². The topological polar surface area (TPSA) is 38.2 Å². The van der Waals surface area contributed by atoms with Crippen LogP contribution >= 0.6 is 0 Å². The molecule has 4 nitrogen and oxygen atoms in total. The quantitative estimate of drug-likeness (QED) is 0.748. The first kappa shape index (κ1) is 13.6. The van der Waals surface area contributed by atoms with E-state index in [2.05, 4.69) is 54.8 Å². The maximum atomic E-state index is 5.87. The summed E-state index contributed by atoms with van der Waals surface area (Å²) >= 11 is 0. The van der Waals surface area contributed by atoms with Crippen LogP contribution in [0.1, 0.15) is 30.7 Å². The van der Waals surface area contributed by atoms with Crippen molar-refractivity contribution in [3.63, 3.8) is 0 Å². The first-order valence-corrected chi connectivity index (χ1v) is 7.81. The number of anilines is 1. The molecule has 4 rings (SSSR count). The smallest absolute Gasteiger partial charge is 0.143 e. The summed E-state index contributed by atoms with van der Waals surface area (Å²) in [6.45, 7) is 8.34. The summed E-state index contributed by atoms with van der Waals surface area (Å²) in [7, 11) is 2.15. The number of benzene rings is 1. The molecule has 1 aromatic heterocycles. The standard InChI is InChI=1S/C18H21N3O/c1-11-15-16(20-10-19-11)12-5-6-14-17(21(4)7-8-22-14)13(12)9-18(15,2)3/h5-6,10H,7-9H2,1-4H3. The number of ether oxygens (including phenoxy) is 1. The molecule has 2 aromatic rings. The number of likely N-dealkylation sites (N-methyl/N-ethyl adjacent to an activating group) is 1. The Balaban J connectivity index is 2.04. The Hall–Kier alpha value is -2.10. The third-order valence-electron chi connectivity index (χ3n) is 4.90. The minimum atomic E-state index is 0.0289. The molecule has 0 saturated heterocycles. The van der Waals surface area contributed by atoms with E-state index in [-0.39, 0.29) is 5.41 Å². The Morgan fingerprint density at radius 3 is 2.86 bits per heavy atom. The van der Waals surface area contributed by atoms with Crippen LogP contribution in [0.5, 0.6) is 5.75 Å². The van der Waals surface area contributed by atoms with Gasteiger partial charge in [0.1, 0.15) is 18.7 Å². The molecule has 0 N–H and O–H groups in total. The van der Waals surface area contributed by atoms with Crippen molar-refractivity contribution in [1.29, 1.82) is 0 Å². The maximum absolute atomic E-state index is 5.87. The zero-order valence-electron chi connectivity index (χ0n) is 13.6. The predicted molar refractivity (Wildman–Crippen MR) is 87.7 cm³/mol. The van der Waals surface area contributed by atoms with Gasteiger partial charge in [-0.3, -0.25) is 0 Å². The molecular formula is C18H21N3O. The Kier molecular flexibility index (Phi) is 2.74. The van der Waals surface area contributed by atoms with Crippen LogP contribution in [0.15, 0.2) is 18.5 Å². The van der Waals surface area contributed by atoms with Gasteiger partial charge in [-0.1, -0.05) is 13.8 Å². The van der Waals surface area contributed by atoms with E-state index in [9.17, 15) is 0 Å². The van der Waals surface area contributed by atoms with Gasteiger partial charge in [0.25, 0.3) is 0 Å². The number of hydrogen-bond acceptors (Lipinski definition) is 4. The lowest BCUT2D eigenvalue weighted by Crippen LogP contribution is -2.33. The van der Waals surface area contributed by atoms with Crippen molar-refractivity contribution in [3.8, 4) is 17.0 Å². The molecule has 0 radical (unpaired) electrons.